The van der Waals surface area contributed by atoms with Crippen LogP contribution >= 0.6 is 19.6 Å². The van der Waals surface area contributed by atoms with Gasteiger partial charge >= 0.3 is 7.82 Å². The number of anilines is 1. The molecule has 3 heterocycles. The second-order valence-corrected chi connectivity index (χ2v) is 7.13. The number of hydrogen-bond acceptors (Lipinski definition) is 8. The van der Waals surface area contributed by atoms with Crippen LogP contribution in [0.3, 0.4) is 0 Å². The second-order valence-electron chi connectivity index (χ2n) is 4.81. The predicted octanol–water partition coefficient (Wildman–Crippen LogP) is -0.558. The van der Waals surface area contributed by atoms with Crippen molar-refractivity contribution in [2.75, 3.05) is 23.8 Å². The number of fused-ring (bicyclic) bond motifs is 1. The summed E-state index contributed by atoms with van der Waals surface area (Å²) in [5, 5.41) is 0. The van der Waals surface area contributed by atoms with Crippen molar-refractivity contribution in [2.24, 2.45) is 0 Å². The maximum Gasteiger partial charge on any atom is 0.469 e. The van der Waals surface area contributed by atoms with E-state index in [0.717, 1.165) is 0 Å². The monoisotopic (exact) mass is 363 g/mol. The number of nitrogen functional groups attached to an aromatic ring is 1. The van der Waals surface area contributed by atoms with Gasteiger partial charge in [-0.25, -0.2) is 9.55 Å². The number of aromatic amines is 1. The van der Waals surface area contributed by atoms with Crippen LogP contribution < -0.4 is 11.3 Å². The lowest BCUT2D eigenvalue weighted by Crippen LogP contribution is -2.32. The predicted molar refractivity (Wildman–Crippen MR) is 81.8 cm³/mol. The van der Waals surface area contributed by atoms with Crippen LogP contribution in [0.4, 0.5) is 5.95 Å². The van der Waals surface area contributed by atoms with Crippen molar-refractivity contribution < 1.29 is 23.6 Å². The third-order valence-corrected chi connectivity index (χ3v) is 4.72. The summed E-state index contributed by atoms with van der Waals surface area (Å²) < 4.78 is 22.6. The lowest BCUT2D eigenvalue weighted by molar-refractivity contribution is -0.0540. The molecule has 0 saturated carbocycles. The fourth-order valence-corrected chi connectivity index (χ4v) is 3.54. The molecular formula is C10H14N5O6PS. The number of phosphoric ester groups is 1. The Morgan fingerprint density at radius 2 is 2.35 bits per heavy atom. The van der Waals surface area contributed by atoms with Crippen LogP contribution in [-0.4, -0.2) is 53.5 Å². The quantitative estimate of drug-likeness (QED) is 0.517. The highest BCUT2D eigenvalue weighted by molar-refractivity contribution is 7.99. The Kier molecular flexibility index (Phi) is 4.45. The Morgan fingerprint density at radius 3 is 3.09 bits per heavy atom. The van der Waals surface area contributed by atoms with E-state index in [1.165, 1.54) is 18.1 Å². The van der Waals surface area contributed by atoms with E-state index in [-0.39, 0.29) is 23.7 Å². The highest BCUT2D eigenvalue weighted by Crippen LogP contribution is 2.37. The van der Waals surface area contributed by atoms with E-state index in [1.807, 2.05) is 0 Å². The fourth-order valence-electron chi connectivity index (χ4n) is 2.17. The minimum atomic E-state index is -4.55. The van der Waals surface area contributed by atoms with Gasteiger partial charge in [-0.1, -0.05) is 0 Å². The maximum atomic E-state index is 11.8. The molecular weight excluding hydrogens is 349 g/mol. The molecule has 1 aliphatic rings. The summed E-state index contributed by atoms with van der Waals surface area (Å²) in [6.45, 7) is -0.240. The Labute approximate surface area is 133 Å². The average molecular weight is 363 g/mol. The fraction of sp³-hybridized carbons (Fsp3) is 0.500. The molecule has 5 N–H and O–H groups in total. The molecule has 13 heteroatoms. The molecule has 126 valence electrons. The van der Waals surface area contributed by atoms with E-state index in [9.17, 15) is 9.36 Å². The molecule has 0 spiro atoms. The number of nitrogens with zero attached hydrogens (tertiary/aromatic N) is 3. The number of rotatable bonds is 4. The highest BCUT2D eigenvalue weighted by atomic mass is 32.2. The summed E-state index contributed by atoms with van der Waals surface area (Å²) in [4.78, 5) is 39.7. The first-order valence-electron chi connectivity index (χ1n) is 6.49. The number of nitrogens with two attached hydrogens (primary N) is 1. The van der Waals surface area contributed by atoms with Crippen molar-refractivity contribution in [3.8, 4) is 0 Å². The molecule has 0 bridgehead atoms. The van der Waals surface area contributed by atoms with Crippen LogP contribution in [-0.2, 0) is 13.8 Å². The largest absolute Gasteiger partial charge is 0.469 e. The summed E-state index contributed by atoms with van der Waals surface area (Å²) in [5.74, 6) is 1.06. The molecule has 2 aromatic heterocycles. The van der Waals surface area contributed by atoms with Crippen LogP contribution in [0.15, 0.2) is 11.1 Å². The molecule has 0 radical (unpaired) electrons. The molecule has 2 aromatic rings. The van der Waals surface area contributed by atoms with Crippen LogP contribution in [0.25, 0.3) is 11.2 Å². The summed E-state index contributed by atoms with van der Waals surface area (Å²) >= 11 is 1.53. The normalized spacial score (nSPS) is 22.5. The maximum absolute atomic E-state index is 11.8. The van der Waals surface area contributed by atoms with E-state index in [0.29, 0.717) is 11.5 Å². The van der Waals surface area contributed by atoms with Gasteiger partial charge in [0.15, 0.2) is 11.2 Å². The van der Waals surface area contributed by atoms with Gasteiger partial charge in [-0.3, -0.25) is 18.9 Å². The standard InChI is InChI=1S/C10H14N5O6PS/c11-10-13-8-7(9(16)14-10)12-4-15(8)6-3-23-2-5(21-6)1-20-22(17,18)19/h4-6H,1-3H2,(H2,17,18,19)(H3,11,13,14,16)/t5-,6?/m1/s1. The Hall–Kier alpha value is -1.43. The summed E-state index contributed by atoms with van der Waals surface area (Å²) in [6.07, 6.45) is 0.407. The summed E-state index contributed by atoms with van der Waals surface area (Å²) in [6, 6.07) is 0. The summed E-state index contributed by atoms with van der Waals surface area (Å²) in [7, 11) is -4.55. The molecule has 0 amide bonds. The zero-order valence-electron chi connectivity index (χ0n) is 11.7. The summed E-state index contributed by atoms with van der Waals surface area (Å²) in [5.41, 5.74) is 5.52. The van der Waals surface area contributed by atoms with Crippen LogP contribution in [0.2, 0.25) is 0 Å². The van der Waals surface area contributed by atoms with Gasteiger partial charge in [0.05, 0.1) is 19.0 Å². The van der Waals surface area contributed by atoms with Crippen molar-refractivity contribution in [1.29, 1.82) is 0 Å². The first-order valence-corrected chi connectivity index (χ1v) is 9.17. The number of nitrogens with one attached hydrogen (secondary N) is 1. The zero-order valence-corrected chi connectivity index (χ0v) is 13.4. The first-order chi connectivity index (χ1) is 10.8. The van der Waals surface area contributed by atoms with E-state index in [2.05, 4.69) is 19.5 Å². The van der Waals surface area contributed by atoms with Gasteiger partial charge in [-0.15, -0.1) is 0 Å². The van der Waals surface area contributed by atoms with Crippen molar-refractivity contribution >= 4 is 36.7 Å². The zero-order chi connectivity index (χ0) is 16.6. The van der Waals surface area contributed by atoms with Crippen LogP contribution in [0.1, 0.15) is 6.23 Å². The van der Waals surface area contributed by atoms with Gasteiger partial charge in [-0.2, -0.15) is 16.7 Å². The topological polar surface area (TPSA) is 166 Å². The van der Waals surface area contributed by atoms with Gasteiger partial charge in [0, 0.05) is 11.5 Å². The van der Waals surface area contributed by atoms with Gasteiger partial charge in [0.2, 0.25) is 5.95 Å². The van der Waals surface area contributed by atoms with E-state index in [4.69, 9.17) is 20.3 Å². The van der Waals surface area contributed by atoms with E-state index < -0.39 is 25.7 Å². The Bertz CT molecular complexity index is 818. The minimum Gasteiger partial charge on any atom is -0.369 e. The average Bonchev–Trinajstić information content (AvgIpc) is 2.89. The van der Waals surface area contributed by atoms with Crippen molar-refractivity contribution in [3.05, 3.63) is 16.7 Å². The molecule has 1 fully saturated rings. The molecule has 0 aliphatic carbocycles. The smallest absolute Gasteiger partial charge is 0.369 e. The van der Waals surface area contributed by atoms with Crippen LogP contribution in [0.5, 0.6) is 0 Å². The lowest BCUT2D eigenvalue weighted by atomic mass is 10.4. The van der Waals surface area contributed by atoms with Gasteiger partial charge in [0.25, 0.3) is 5.56 Å². The van der Waals surface area contributed by atoms with Crippen molar-refractivity contribution in [1.82, 2.24) is 19.5 Å². The molecule has 23 heavy (non-hydrogen) atoms. The lowest BCUT2D eigenvalue weighted by Gasteiger charge is -2.30. The van der Waals surface area contributed by atoms with Gasteiger partial charge in [0.1, 0.15) is 6.23 Å². The number of hydrogen-bond donors (Lipinski definition) is 4. The Balaban J connectivity index is 1.82. The van der Waals surface area contributed by atoms with Crippen LogP contribution in [0, 0.1) is 0 Å². The number of thioether (sulfide) groups is 1. The number of imidazole rings is 1. The molecule has 1 unspecified atom stereocenters. The van der Waals surface area contributed by atoms with E-state index in [1.54, 1.807) is 4.57 Å². The third kappa shape index (κ3) is 3.74. The van der Waals surface area contributed by atoms with E-state index >= 15 is 0 Å². The SMILES string of the molecule is Nc1nc2c(ncn2C2CSC[C@@H](COP(=O)(O)O)O2)c(=O)[nH]1. The third-order valence-electron chi connectivity index (χ3n) is 3.10. The first kappa shape index (κ1) is 16.4. The minimum absolute atomic E-state index is 0.0332. The molecule has 11 nitrogen and oxygen atoms in total. The number of H-pyrrole nitrogens is 1. The number of phosphoric acid groups is 1. The second kappa shape index (κ2) is 6.23. The van der Waals surface area contributed by atoms with Gasteiger partial charge < -0.3 is 20.3 Å². The highest BCUT2D eigenvalue weighted by Gasteiger charge is 2.28. The van der Waals surface area contributed by atoms with Crippen molar-refractivity contribution in [2.45, 2.75) is 12.3 Å². The molecule has 1 saturated heterocycles. The van der Waals surface area contributed by atoms with Crippen molar-refractivity contribution in [3.63, 3.8) is 0 Å². The number of ether oxygens (including phenoxy) is 1. The molecule has 0 aromatic carbocycles. The molecule has 3 rings (SSSR count). The molecule has 1 aliphatic heterocycles. The molecule has 2 atom stereocenters. The Morgan fingerprint density at radius 1 is 1.57 bits per heavy atom. The van der Waals surface area contributed by atoms with Gasteiger partial charge in [-0.05, 0) is 0 Å². The number of aromatic nitrogens is 4.